The van der Waals surface area contributed by atoms with Crippen LogP contribution in [0.1, 0.15) is 12.0 Å². The number of rotatable bonds is 18. The zero-order valence-corrected chi connectivity index (χ0v) is 30.1. The highest BCUT2D eigenvalue weighted by atomic mass is 31.2. The van der Waals surface area contributed by atoms with Crippen LogP contribution in [-0.2, 0) is 20.4 Å². The molecule has 13 heteroatoms. The average molecular weight is 721 g/mol. The Balaban J connectivity index is 1.46. The first-order valence-corrected chi connectivity index (χ1v) is 17.5. The molecular weight excluding hydrogens is 682 g/mol. The van der Waals surface area contributed by atoms with Crippen molar-refractivity contribution in [2.45, 2.75) is 13.0 Å². The van der Waals surface area contributed by atoms with Crippen LogP contribution in [0.4, 0.5) is 0 Å². The first-order chi connectivity index (χ1) is 24.6. The molecule has 0 bridgehead atoms. The summed E-state index contributed by atoms with van der Waals surface area (Å²) in [4.78, 5) is 0. The van der Waals surface area contributed by atoms with Crippen LogP contribution in [0, 0.1) is 0 Å². The van der Waals surface area contributed by atoms with Gasteiger partial charge >= 0.3 is 17.2 Å². The van der Waals surface area contributed by atoms with E-state index < -0.39 is 17.2 Å². The predicted molar refractivity (Wildman–Crippen MR) is 191 cm³/mol. The zero-order valence-electron chi connectivity index (χ0n) is 28.3. The molecule has 0 fully saturated rings. The van der Waals surface area contributed by atoms with Gasteiger partial charge in [0.2, 0.25) is 0 Å². The first kappa shape index (κ1) is 36.2. The molecule has 1 aliphatic carbocycles. The highest BCUT2D eigenvalue weighted by Crippen LogP contribution is 2.52. The molecule has 0 saturated heterocycles. The Kier molecular flexibility index (Phi) is 13.5. The van der Waals surface area contributed by atoms with Crippen molar-refractivity contribution in [2.24, 2.45) is 0 Å². The highest BCUT2D eigenvalue weighted by molar-refractivity contribution is 7.43. The molecule has 4 aromatic rings. The summed E-state index contributed by atoms with van der Waals surface area (Å²) in [6.07, 6.45) is 8.22. The zero-order chi connectivity index (χ0) is 35.1. The Morgan fingerprint density at radius 1 is 0.480 bits per heavy atom. The molecule has 1 aliphatic rings. The fourth-order valence-corrected chi connectivity index (χ4v) is 6.62. The molecule has 0 heterocycles. The van der Waals surface area contributed by atoms with Crippen molar-refractivity contribution in [1.29, 1.82) is 0 Å². The molecule has 0 spiro atoms. The van der Waals surface area contributed by atoms with Gasteiger partial charge in [-0.2, -0.15) is 0 Å². The minimum atomic E-state index is -2.19. The second-order valence-corrected chi connectivity index (χ2v) is 12.1. The van der Waals surface area contributed by atoms with Crippen molar-refractivity contribution in [3.05, 3.63) is 132 Å². The minimum Gasteiger partial charge on any atom is -0.493 e. The molecule has 4 aromatic carbocycles. The van der Waals surface area contributed by atoms with E-state index in [2.05, 4.69) is 0 Å². The third-order valence-electron chi connectivity index (χ3n) is 6.96. The van der Waals surface area contributed by atoms with E-state index in [1.54, 1.807) is 84.1 Å². The van der Waals surface area contributed by atoms with E-state index in [4.69, 9.17) is 50.8 Å². The molecule has 50 heavy (non-hydrogen) atoms. The van der Waals surface area contributed by atoms with Crippen LogP contribution in [0.15, 0.2) is 127 Å². The molecule has 1 unspecified atom stereocenters. The van der Waals surface area contributed by atoms with Crippen LogP contribution in [-0.4, -0.2) is 35.5 Å². The summed E-state index contributed by atoms with van der Waals surface area (Å²) in [6.45, 7) is -0.0188. The van der Waals surface area contributed by atoms with Gasteiger partial charge in [0.15, 0.2) is 57.5 Å². The average Bonchev–Trinajstić information content (AvgIpc) is 3.39. The SMILES string of the molecule is COC1=CCC=CC=C1OP(Oc1ccccc1OC)Oc1c(COP(Oc2ccccc2OC)Oc2ccccc2OC)cccc1OC. The standard InChI is InChI=1S/C37H38O11P2/c1-38-28-17-7-6-8-21-34(28)46-50(47-35-24-14-11-20-31(35)41-4)48-37-27(16-15-25-36(37)42-5)26-43-49(44-32-22-12-9-18-29(32)39-2)45-33-23-13-10-19-30(33)40-3/h6,8-25H,7,26H2,1-5H3. The quantitative estimate of drug-likeness (QED) is 0.0919. The summed E-state index contributed by atoms with van der Waals surface area (Å²) in [5, 5.41) is 0. The van der Waals surface area contributed by atoms with Gasteiger partial charge in [-0.3, -0.25) is 4.52 Å². The van der Waals surface area contributed by atoms with Gasteiger partial charge in [-0.25, -0.2) is 0 Å². The Morgan fingerprint density at radius 2 is 0.980 bits per heavy atom. The van der Waals surface area contributed by atoms with Crippen molar-refractivity contribution in [2.75, 3.05) is 35.5 Å². The lowest BCUT2D eigenvalue weighted by atomic mass is 10.2. The van der Waals surface area contributed by atoms with Gasteiger partial charge in [0.1, 0.15) is 0 Å². The smallest absolute Gasteiger partial charge is 0.493 e. The van der Waals surface area contributed by atoms with Gasteiger partial charge < -0.3 is 46.3 Å². The van der Waals surface area contributed by atoms with Crippen molar-refractivity contribution in [3.63, 3.8) is 0 Å². The molecule has 0 saturated carbocycles. The van der Waals surface area contributed by atoms with E-state index >= 15 is 0 Å². The van der Waals surface area contributed by atoms with Crippen molar-refractivity contribution < 1.29 is 50.8 Å². The second-order valence-electron chi connectivity index (χ2n) is 10.0. The van der Waals surface area contributed by atoms with Crippen LogP contribution < -0.4 is 37.0 Å². The largest absolute Gasteiger partial charge is 0.530 e. The number of allylic oxidation sites excluding steroid dienone is 4. The Hall–Kier alpha value is -5.08. The second kappa shape index (κ2) is 18.6. The van der Waals surface area contributed by atoms with Gasteiger partial charge in [0, 0.05) is 5.56 Å². The Labute approximate surface area is 294 Å². The third kappa shape index (κ3) is 9.54. The van der Waals surface area contributed by atoms with Gasteiger partial charge in [-0.05, 0) is 61.0 Å². The number of hydrogen-bond donors (Lipinski definition) is 0. The number of methoxy groups -OCH3 is 5. The first-order valence-electron chi connectivity index (χ1n) is 15.4. The lowest BCUT2D eigenvalue weighted by Gasteiger charge is -2.23. The van der Waals surface area contributed by atoms with E-state index in [9.17, 15) is 0 Å². The molecule has 5 rings (SSSR count). The lowest BCUT2D eigenvalue weighted by molar-refractivity contribution is 0.240. The highest BCUT2D eigenvalue weighted by Gasteiger charge is 2.29. The number of hydrogen-bond acceptors (Lipinski definition) is 11. The molecule has 0 N–H and O–H groups in total. The number of para-hydroxylation sites is 7. The summed E-state index contributed by atoms with van der Waals surface area (Å²) >= 11 is 0. The summed E-state index contributed by atoms with van der Waals surface area (Å²) < 4.78 is 66.0. The molecule has 262 valence electrons. The van der Waals surface area contributed by atoms with Crippen LogP contribution in [0.5, 0.6) is 46.0 Å². The fraction of sp³-hybridized carbons (Fsp3) is 0.189. The Bertz CT molecular complexity index is 1740. The number of benzene rings is 4. The van der Waals surface area contributed by atoms with Crippen LogP contribution in [0.25, 0.3) is 0 Å². The van der Waals surface area contributed by atoms with Crippen molar-refractivity contribution >= 4 is 17.2 Å². The summed E-state index contributed by atoms with van der Waals surface area (Å²) in [5.74, 6) is 4.53. The normalized spacial score (nSPS) is 12.8. The molecule has 11 nitrogen and oxygen atoms in total. The monoisotopic (exact) mass is 720 g/mol. The van der Waals surface area contributed by atoms with Crippen LogP contribution >= 0.6 is 17.2 Å². The van der Waals surface area contributed by atoms with E-state index in [0.717, 1.165) is 0 Å². The Morgan fingerprint density at radius 3 is 1.50 bits per heavy atom. The van der Waals surface area contributed by atoms with E-state index in [1.165, 1.54) is 0 Å². The van der Waals surface area contributed by atoms with Crippen molar-refractivity contribution in [1.82, 2.24) is 0 Å². The van der Waals surface area contributed by atoms with E-state index in [0.29, 0.717) is 69.5 Å². The molecule has 0 aliphatic heterocycles. The van der Waals surface area contributed by atoms with Gasteiger partial charge in [-0.1, -0.05) is 60.7 Å². The summed E-state index contributed by atoms with van der Waals surface area (Å²) in [7, 11) is 3.55. The topological polar surface area (TPSA) is 102 Å². The lowest BCUT2D eigenvalue weighted by Crippen LogP contribution is -2.07. The fourth-order valence-electron chi connectivity index (χ4n) is 4.52. The predicted octanol–water partition coefficient (Wildman–Crippen LogP) is 9.70. The minimum absolute atomic E-state index is 0.0188. The van der Waals surface area contributed by atoms with Crippen LogP contribution in [0.2, 0.25) is 0 Å². The molecule has 0 radical (unpaired) electrons. The van der Waals surface area contributed by atoms with Gasteiger partial charge in [-0.15, -0.1) is 0 Å². The molecule has 1 atom stereocenters. The summed E-state index contributed by atoms with van der Waals surface area (Å²) in [6, 6.07) is 27.1. The van der Waals surface area contributed by atoms with Gasteiger partial charge in [0.05, 0.1) is 42.2 Å². The molecule has 0 aromatic heterocycles. The maximum atomic E-state index is 6.55. The van der Waals surface area contributed by atoms with Crippen molar-refractivity contribution in [3.8, 4) is 46.0 Å². The third-order valence-corrected chi connectivity index (χ3v) is 9.01. The van der Waals surface area contributed by atoms with Crippen LogP contribution in [0.3, 0.4) is 0 Å². The van der Waals surface area contributed by atoms with E-state index in [1.807, 2.05) is 66.8 Å². The van der Waals surface area contributed by atoms with E-state index in [-0.39, 0.29) is 6.61 Å². The maximum absolute atomic E-state index is 6.55. The molecular formula is C37H38O11P2. The molecule has 0 amide bonds. The summed E-state index contributed by atoms with van der Waals surface area (Å²) in [5.41, 5.74) is 0.598. The van der Waals surface area contributed by atoms with Gasteiger partial charge in [0.25, 0.3) is 0 Å². The maximum Gasteiger partial charge on any atom is 0.530 e. The number of ether oxygens (including phenoxy) is 5.